The number of nitrogens with zero attached hydrogens (tertiary/aromatic N) is 3. The minimum absolute atomic E-state index is 0.615. The first-order valence-corrected chi connectivity index (χ1v) is 19.1. The van der Waals surface area contributed by atoms with Crippen molar-refractivity contribution in [1.29, 1.82) is 0 Å². The molecule has 11 rings (SSSR count). The maximum atomic E-state index is 6.59. The zero-order valence-corrected chi connectivity index (χ0v) is 30.0. The van der Waals surface area contributed by atoms with Gasteiger partial charge < -0.3 is 4.42 Å². The van der Waals surface area contributed by atoms with E-state index in [0.717, 1.165) is 62.6 Å². The standard InChI is InChI=1S/C49H31N3OS/c1-2-11-30(12-3-1)33-15-8-16-34(27-33)37-18-9-20-41-45(37)46-39(19-10-21-42(46)53-41)49-51-47(35-24-23-31-13-4-5-14-32(31)28-35)50-48(52-49)36-25-26-44-40(29-36)38-17-6-7-22-43(38)54-44/h1-4,6-13,15-29H,5,14H2. The molecule has 1 aliphatic rings. The van der Waals surface area contributed by atoms with Crippen molar-refractivity contribution >= 4 is 59.5 Å². The van der Waals surface area contributed by atoms with Gasteiger partial charge in [0.2, 0.25) is 0 Å². The topological polar surface area (TPSA) is 51.8 Å². The van der Waals surface area contributed by atoms with E-state index in [-0.39, 0.29) is 0 Å². The second-order valence-electron chi connectivity index (χ2n) is 13.9. The Morgan fingerprint density at radius 3 is 2.00 bits per heavy atom. The number of hydrogen-bond acceptors (Lipinski definition) is 5. The molecule has 0 N–H and O–H groups in total. The third-order valence-corrected chi connectivity index (χ3v) is 11.7. The molecule has 0 fully saturated rings. The molecule has 254 valence electrons. The molecular formula is C49H31N3OS. The highest BCUT2D eigenvalue weighted by Gasteiger charge is 2.21. The van der Waals surface area contributed by atoms with Gasteiger partial charge in [-0.2, -0.15) is 0 Å². The predicted molar refractivity (Wildman–Crippen MR) is 225 cm³/mol. The van der Waals surface area contributed by atoms with E-state index in [4.69, 9.17) is 19.4 Å². The zero-order chi connectivity index (χ0) is 35.6. The summed E-state index contributed by atoms with van der Waals surface area (Å²) in [6, 6.07) is 53.5. The highest BCUT2D eigenvalue weighted by Crippen LogP contribution is 2.42. The van der Waals surface area contributed by atoms with Crippen LogP contribution in [-0.4, -0.2) is 15.0 Å². The van der Waals surface area contributed by atoms with E-state index in [1.54, 1.807) is 0 Å². The Labute approximate surface area is 315 Å². The monoisotopic (exact) mass is 709 g/mol. The van der Waals surface area contributed by atoms with Crippen molar-refractivity contribution in [2.45, 2.75) is 12.8 Å². The van der Waals surface area contributed by atoms with Gasteiger partial charge in [0.1, 0.15) is 11.2 Å². The first-order chi connectivity index (χ1) is 26.7. The van der Waals surface area contributed by atoms with E-state index in [9.17, 15) is 0 Å². The van der Waals surface area contributed by atoms with Crippen molar-refractivity contribution < 1.29 is 4.42 Å². The fourth-order valence-corrected chi connectivity index (χ4v) is 9.07. The number of benzene rings is 7. The fraction of sp³-hybridized carbons (Fsp3) is 0.0408. The van der Waals surface area contributed by atoms with Crippen molar-refractivity contribution in [2.75, 3.05) is 0 Å². The molecule has 0 radical (unpaired) electrons. The van der Waals surface area contributed by atoms with Crippen LogP contribution in [-0.2, 0) is 6.42 Å². The normalized spacial score (nSPS) is 12.6. The van der Waals surface area contributed by atoms with Gasteiger partial charge in [-0.15, -0.1) is 11.3 Å². The summed E-state index contributed by atoms with van der Waals surface area (Å²) in [7, 11) is 0. The molecule has 0 saturated carbocycles. The van der Waals surface area contributed by atoms with Gasteiger partial charge in [-0.25, -0.2) is 15.0 Å². The van der Waals surface area contributed by atoms with E-state index in [1.165, 1.54) is 42.4 Å². The second-order valence-corrected chi connectivity index (χ2v) is 15.0. The number of fused-ring (bicyclic) bond motifs is 7. The maximum Gasteiger partial charge on any atom is 0.164 e. The van der Waals surface area contributed by atoms with Crippen LogP contribution in [0.1, 0.15) is 17.5 Å². The predicted octanol–water partition coefficient (Wildman–Crippen LogP) is 13.4. The summed E-state index contributed by atoms with van der Waals surface area (Å²) >= 11 is 1.81. The third kappa shape index (κ3) is 5.16. The van der Waals surface area contributed by atoms with Crippen molar-refractivity contribution in [3.05, 3.63) is 169 Å². The molecule has 0 unspecified atom stereocenters. The Bertz CT molecular complexity index is 3120. The van der Waals surface area contributed by atoms with Gasteiger partial charge in [-0.05, 0) is 94.8 Å². The number of rotatable bonds is 5. The summed E-state index contributed by atoms with van der Waals surface area (Å²) in [5.41, 5.74) is 11.6. The van der Waals surface area contributed by atoms with Crippen LogP contribution in [0.4, 0.5) is 0 Å². The molecule has 3 heterocycles. The lowest BCUT2D eigenvalue weighted by Gasteiger charge is -2.13. The molecule has 1 aliphatic carbocycles. The molecule has 10 aromatic rings. The lowest BCUT2D eigenvalue weighted by molar-refractivity contribution is 0.669. The molecule has 4 nitrogen and oxygen atoms in total. The molecule has 0 amide bonds. The van der Waals surface area contributed by atoms with Gasteiger partial charge in [0.15, 0.2) is 17.5 Å². The van der Waals surface area contributed by atoms with Gasteiger partial charge >= 0.3 is 0 Å². The molecule has 0 bridgehead atoms. The molecule has 0 aliphatic heterocycles. The van der Waals surface area contributed by atoms with E-state index in [2.05, 4.69) is 152 Å². The Balaban J connectivity index is 1.14. The van der Waals surface area contributed by atoms with Gasteiger partial charge in [0.25, 0.3) is 0 Å². The van der Waals surface area contributed by atoms with Crippen LogP contribution < -0.4 is 0 Å². The minimum atomic E-state index is 0.615. The summed E-state index contributed by atoms with van der Waals surface area (Å²) in [6.07, 6.45) is 6.49. The fourth-order valence-electron chi connectivity index (χ4n) is 7.98. The lowest BCUT2D eigenvalue weighted by Crippen LogP contribution is -2.02. The first-order valence-electron chi connectivity index (χ1n) is 18.3. The zero-order valence-electron chi connectivity index (χ0n) is 29.2. The quantitative estimate of drug-likeness (QED) is 0.178. The van der Waals surface area contributed by atoms with Crippen LogP contribution in [0.15, 0.2) is 162 Å². The summed E-state index contributed by atoms with van der Waals surface area (Å²) in [6.45, 7) is 0. The van der Waals surface area contributed by atoms with Crippen LogP contribution in [0.25, 0.3) is 105 Å². The van der Waals surface area contributed by atoms with E-state index in [1.807, 2.05) is 23.5 Å². The van der Waals surface area contributed by atoms with Crippen molar-refractivity contribution in [3.8, 4) is 56.4 Å². The summed E-state index contributed by atoms with van der Waals surface area (Å²) < 4.78 is 9.11. The van der Waals surface area contributed by atoms with Gasteiger partial charge in [0.05, 0.1) is 0 Å². The molecule has 0 saturated heterocycles. The number of furan rings is 1. The van der Waals surface area contributed by atoms with Gasteiger partial charge in [0, 0.05) is 47.6 Å². The molecule has 7 aromatic carbocycles. The van der Waals surface area contributed by atoms with Crippen LogP contribution >= 0.6 is 11.3 Å². The smallest absolute Gasteiger partial charge is 0.164 e. The average Bonchev–Trinajstić information content (AvgIpc) is 3.82. The largest absolute Gasteiger partial charge is 0.456 e. The number of aryl methyl sites for hydroxylation is 1. The highest BCUT2D eigenvalue weighted by molar-refractivity contribution is 7.25. The number of aromatic nitrogens is 3. The van der Waals surface area contributed by atoms with Gasteiger partial charge in [-0.3, -0.25) is 0 Å². The number of hydrogen-bond donors (Lipinski definition) is 0. The van der Waals surface area contributed by atoms with E-state index >= 15 is 0 Å². The van der Waals surface area contributed by atoms with Crippen LogP contribution in [0.3, 0.4) is 0 Å². The Morgan fingerprint density at radius 2 is 1.13 bits per heavy atom. The molecule has 5 heteroatoms. The van der Waals surface area contributed by atoms with Crippen molar-refractivity contribution in [3.63, 3.8) is 0 Å². The van der Waals surface area contributed by atoms with Gasteiger partial charge in [-0.1, -0.05) is 115 Å². The maximum absolute atomic E-state index is 6.59. The number of thiophene rings is 1. The summed E-state index contributed by atoms with van der Waals surface area (Å²) in [5.74, 6) is 1.91. The second kappa shape index (κ2) is 12.5. The van der Waals surface area contributed by atoms with Crippen LogP contribution in [0.2, 0.25) is 0 Å². The van der Waals surface area contributed by atoms with E-state index < -0.39 is 0 Å². The Hall–Kier alpha value is -6.69. The average molecular weight is 710 g/mol. The summed E-state index contributed by atoms with van der Waals surface area (Å²) in [4.78, 5) is 15.7. The molecule has 3 aromatic heterocycles. The van der Waals surface area contributed by atoms with E-state index in [0.29, 0.717) is 17.5 Å². The Morgan fingerprint density at radius 1 is 0.463 bits per heavy atom. The SMILES string of the molecule is C1=Cc2ccc(-c3nc(-c4ccc5sc6ccccc6c5c4)nc(-c4cccc5oc6cccc(-c7cccc(-c8ccccc8)c7)c6c45)n3)cc2CC1. The van der Waals surface area contributed by atoms with Crippen LogP contribution in [0.5, 0.6) is 0 Å². The minimum Gasteiger partial charge on any atom is -0.456 e. The third-order valence-electron chi connectivity index (χ3n) is 10.6. The molecular weight excluding hydrogens is 679 g/mol. The van der Waals surface area contributed by atoms with Crippen molar-refractivity contribution in [1.82, 2.24) is 15.0 Å². The Kier molecular flexibility index (Phi) is 7.13. The molecule has 54 heavy (non-hydrogen) atoms. The first kappa shape index (κ1) is 30.9. The van der Waals surface area contributed by atoms with Crippen LogP contribution in [0, 0.1) is 0 Å². The van der Waals surface area contributed by atoms with Crippen molar-refractivity contribution in [2.24, 2.45) is 0 Å². The molecule has 0 atom stereocenters. The molecule has 0 spiro atoms. The number of allylic oxidation sites excluding steroid dienone is 1. The summed E-state index contributed by atoms with van der Waals surface area (Å²) in [5, 5.41) is 4.49. The highest BCUT2D eigenvalue weighted by atomic mass is 32.1. The lowest BCUT2D eigenvalue weighted by atomic mass is 9.94.